The number of carbonyl (C=O) groups excluding carboxylic acids is 2. The molecule has 3 amide bonds. The Morgan fingerprint density at radius 3 is 2.60 bits per heavy atom. The number of amides is 3. The molecule has 0 radical (unpaired) electrons. The summed E-state index contributed by atoms with van der Waals surface area (Å²) >= 11 is 9.20. The lowest BCUT2D eigenvalue weighted by atomic mass is 10.1. The molecule has 0 aliphatic heterocycles. The highest BCUT2D eigenvalue weighted by atomic mass is 79.9. The topological polar surface area (TPSA) is 70.2 Å². The molecular formula is C17H16BrClFN3O2. The van der Waals surface area contributed by atoms with Gasteiger partial charge in [0.25, 0.3) is 5.91 Å². The van der Waals surface area contributed by atoms with Gasteiger partial charge in [0, 0.05) is 21.7 Å². The van der Waals surface area contributed by atoms with Crippen LogP contribution in [0.4, 0.5) is 20.6 Å². The number of hydrogen-bond donors (Lipinski definition) is 3. The van der Waals surface area contributed by atoms with Crippen LogP contribution in [-0.2, 0) is 0 Å². The maximum Gasteiger partial charge on any atom is 0.323 e. The highest BCUT2D eigenvalue weighted by molar-refractivity contribution is 9.10. The Bertz CT molecular complexity index is 781. The Morgan fingerprint density at radius 1 is 1.16 bits per heavy atom. The average molecular weight is 429 g/mol. The molecule has 3 N–H and O–H groups in total. The van der Waals surface area contributed by atoms with Gasteiger partial charge in [-0.2, -0.15) is 0 Å². The Labute approximate surface area is 158 Å². The number of halogens is 3. The molecule has 0 atom stereocenters. The van der Waals surface area contributed by atoms with Gasteiger partial charge < -0.3 is 16.0 Å². The Kier molecular flexibility index (Phi) is 6.78. The Hall–Kier alpha value is -2.12. The number of benzene rings is 2. The zero-order chi connectivity index (χ0) is 18.4. The minimum atomic E-state index is -0.621. The Morgan fingerprint density at radius 2 is 1.92 bits per heavy atom. The van der Waals surface area contributed by atoms with Crippen molar-refractivity contribution in [2.75, 3.05) is 17.2 Å². The second-order valence-corrected chi connectivity index (χ2v) is 6.54. The second-order valence-electron chi connectivity index (χ2n) is 5.18. The zero-order valence-electron chi connectivity index (χ0n) is 13.3. The second kappa shape index (κ2) is 8.82. The van der Waals surface area contributed by atoms with Crippen LogP contribution >= 0.6 is 27.5 Å². The number of hydrogen-bond acceptors (Lipinski definition) is 2. The van der Waals surface area contributed by atoms with Crippen LogP contribution < -0.4 is 16.0 Å². The predicted octanol–water partition coefficient (Wildman–Crippen LogP) is 5.03. The first kappa shape index (κ1) is 19.2. The van der Waals surface area contributed by atoms with Crippen LogP contribution in [0, 0.1) is 5.82 Å². The molecule has 0 saturated carbocycles. The molecule has 0 fully saturated rings. The van der Waals surface area contributed by atoms with Gasteiger partial charge in [-0.3, -0.25) is 4.79 Å². The summed E-state index contributed by atoms with van der Waals surface area (Å²) in [4.78, 5) is 24.3. The summed E-state index contributed by atoms with van der Waals surface area (Å²) in [5, 5.41) is 8.20. The molecule has 0 unspecified atom stereocenters. The van der Waals surface area contributed by atoms with E-state index in [2.05, 4.69) is 31.9 Å². The fraction of sp³-hybridized carbons (Fsp3) is 0.176. The van der Waals surface area contributed by atoms with Crippen molar-refractivity contribution in [2.24, 2.45) is 0 Å². The van der Waals surface area contributed by atoms with Crippen molar-refractivity contribution in [2.45, 2.75) is 13.3 Å². The average Bonchev–Trinajstić information content (AvgIpc) is 2.51. The molecule has 2 rings (SSSR count). The van der Waals surface area contributed by atoms with Gasteiger partial charge in [0.05, 0.1) is 11.3 Å². The van der Waals surface area contributed by atoms with E-state index in [1.54, 1.807) is 18.2 Å². The van der Waals surface area contributed by atoms with E-state index in [-0.39, 0.29) is 17.2 Å². The highest BCUT2D eigenvalue weighted by Crippen LogP contribution is 2.23. The van der Waals surface area contributed by atoms with E-state index < -0.39 is 11.8 Å². The van der Waals surface area contributed by atoms with E-state index in [9.17, 15) is 14.0 Å². The maximum atomic E-state index is 13.5. The van der Waals surface area contributed by atoms with Crippen molar-refractivity contribution in [1.82, 2.24) is 5.32 Å². The number of anilines is 2. The van der Waals surface area contributed by atoms with E-state index in [4.69, 9.17) is 11.6 Å². The highest BCUT2D eigenvalue weighted by Gasteiger charge is 2.14. The van der Waals surface area contributed by atoms with Crippen LogP contribution in [0.5, 0.6) is 0 Å². The lowest BCUT2D eigenvalue weighted by molar-refractivity contribution is 0.0954. The van der Waals surface area contributed by atoms with Crippen LogP contribution in [0.1, 0.15) is 23.7 Å². The molecule has 2 aromatic rings. The first-order valence-corrected chi connectivity index (χ1v) is 8.68. The summed E-state index contributed by atoms with van der Waals surface area (Å²) in [5.74, 6) is -0.949. The van der Waals surface area contributed by atoms with Crippen LogP contribution in [0.2, 0.25) is 5.02 Å². The van der Waals surface area contributed by atoms with E-state index in [1.807, 2.05) is 6.92 Å². The van der Waals surface area contributed by atoms with Gasteiger partial charge in [-0.25, -0.2) is 9.18 Å². The first-order chi connectivity index (χ1) is 11.9. The third-order valence-corrected chi connectivity index (χ3v) is 3.81. The molecule has 25 heavy (non-hydrogen) atoms. The van der Waals surface area contributed by atoms with Gasteiger partial charge in [-0.1, -0.05) is 34.5 Å². The van der Waals surface area contributed by atoms with Crippen LogP contribution in [0.3, 0.4) is 0 Å². The molecule has 132 valence electrons. The van der Waals surface area contributed by atoms with Crippen molar-refractivity contribution in [1.29, 1.82) is 0 Å². The van der Waals surface area contributed by atoms with E-state index >= 15 is 0 Å². The minimum Gasteiger partial charge on any atom is -0.352 e. The van der Waals surface area contributed by atoms with Crippen molar-refractivity contribution in [3.8, 4) is 0 Å². The van der Waals surface area contributed by atoms with Gasteiger partial charge in [0.2, 0.25) is 0 Å². The number of nitrogens with one attached hydrogen (secondary N) is 3. The van der Waals surface area contributed by atoms with Crippen molar-refractivity contribution in [3.05, 3.63) is 57.3 Å². The number of urea groups is 1. The predicted molar refractivity (Wildman–Crippen MR) is 101 cm³/mol. The lowest BCUT2D eigenvalue weighted by Crippen LogP contribution is -2.27. The molecule has 0 spiro atoms. The molecule has 8 heteroatoms. The normalized spacial score (nSPS) is 10.2. The first-order valence-electron chi connectivity index (χ1n) is 7.51. The summed E-state index contributed by atoms with van der Waals surface area (Å²) in [6.07, 6.45) is 0.764. The summed E-state index contributed by atoms with van der Waals surface area (Å²) in [6, 6.07) is 7.86. The van der Waals surface area contributed by atoms with Gasteiger partial charge >= 0.3 is 6.03 Å². The zero-order valence-corrected chi connectivity index (χ0v) is 15.7. The molecule has 0 aliphatic rings. The molecule has 0 bridgehead atoms. The third kappa shape index (κ3) is 5.72. The quantitative estimate of drug-likeness (QED) is 0.625. The smallest absolute Gasteiger partial charge is 0.323 e. The number of carbonyl (C=O) groups is 2. The van der Waals surface area contributed by atoms with Crippen molar-refractivity contribution < 1.29 is 14.0 Å². The van der Waals surface area contributed by atoms with Crippen LogP contribution in [0.25, 0.3) is 0 Å². The fourth-order valence-electron chi connectivity index (χ4n) is 2.06. The largest absolute Gasteiger partial charge is 0.352 e. The van der Waals surface area contributed by atoms with Gasteiger partial charge in [0.15, 0.2) is 0 Å². The minimum absolute atomic E-state index is 0.0761. The van der Waals surface area contributed by atoms with E-state index in [0.717, 1.165) is 18.6 Å². The third-order valence-electron chi connectivity index (χ3n) is 3.13. The van der Waals surface area contributed by atoms with Gasteiger partial charge in [-0.15, -0.1) is 0 Å². The van der Waals surface area contributed by atoms with Crippen molar-refractivity contribution in [3.63, 3.8) is 0 Å². The van der Waals surface area contributed by atoms with Crippen molar-refractivity contribution >= 4 is 50.8 Å². The summed E-state index contributed by atoms with van der Waals surface area (Å²) < 4.78 is 14.2. The monoisotopic (exact) mass is 427 g/mol. The SMILES string of the molecule is CCCNC(=O)c1ccc(F)cc1NC(=O)Nc1cc(Cl)cc(Br)c1. The van der Waals surface area contributed by atoms with Crippen LogP contribution in [0.15, 0.2) is 40.9 Å². The summed E-state index contributed by atoms with van der Waals surface area (Å²) in [5.41, 5.74) is 0.703. The molecule has 0 aromatic heterocycles. The molecule has 0 saturated heterocycles. The summed E-state index contributed by atoms with van der Waals surface area (Å²) in [7, 11) is 0. The number of rotatable bonds is 5. The molecule has 0 heterocycles. The van der Waals surface area contributed by atoms with Gasteiger partial charge in [0.1, 0.15) is 5.82 Å². The Balaban J connectivity index is 2.16. The van der Waals surface area contributed by atoms with Gasteiger partial charge in [-0.05, 0) is 42.8 Å². The molecule has 2 aromatic carbocycles. The fourth-order valence-corrected chi connectivity index (χ4v) is 2.92. The standard InChI is InChI=1S/C17H16BrClFN3O2/c1-2-5-21-16(24)14-4-3-12(20)9-15(14)23-17(25)22-13-7-10(18)6-11(19)8-13/h3-4,6-9H,2,5H2,1H3,(H,21,24)(H2,22,23,25). The maximum absolute atomic E-state index is 13.5. The van der Waals surface area contributed by atoms with E-state index in [0.29, 0.717) is 21.7 Å². The molecule has 0 aliphatic carbocycles. The van der Waals surface area contributed by atoms with E-state index in [1.165, 1.54) is 6.07 Å². The lowest BCUT2D eigenvalue weighted by Gasteiger charge is -2.12. The molecular weight excluding hydrogens is 413 g/mol. The summed E-state index contributed by atoms with van der Waals surface area (Å²) in [6.45, 7) is 2.40. The van der Waals surface area contributed by atoms with Crippen LogP contribution in [-0.4, -0.2) is 18.5 Å². The molecule has 5 nitrogen and oxygen atoms in total.